The summed E-state index contributed by atoms with van der Waals surface area (Å²) in [6.45, 7) is 7.28. The molecule has 0 radical (unpaired) electrons. The molecule has 23 heavy (non-hydrogen) atoms. The summed E-state index contributed by atoms with van der Waals surface area (Å²) in [6.07, 6.45) is 6.25. The van der Waals surface area contributed by atoms with Crippen LogP contribution in [0, 0.1) is 17.3 Å². The lowest BCUT2D eigenvalue weighted by molar-refractivity contribution is -0.150. The van der Waals surface area contributed by atoms with Gasteiger partial charge in [0.1, 0.15) is 0 Å². The average Bonchev–Trinajstić information content (AvgIpc) is 3.06. The van der Waals surface area contributed by atoms with Crippen LogP contribution in [-0.2, 0) is 9.59 Å². The Balaban J connectivity index is 1.75. The number of amides is 1. The van der Waals surface area contributed by atoms with Gasteiger partial charge in [-0.15, -0.1) is 0 Å². The van der Waals surface area contributed by atoms with Gasteiger partial charge in [-0.1, -0.05) is 26.7 Å². The molecule has 5 heteroatoms. The lowest BCUT2D eigenvalue weighted by atomic mass is 9.81. The molecule has 0 bridgehead atoms. The molecule has 1 amide bonds. The van der Waals surface area contributed by atoms with Crippen molar-refractivity contribution in [3.05, 3.63) is 0 Å². The summed E-state index contributed by atoms with van der Waals surface area (Å²) >= 11 is 0. The second kappa shape index (κ2) is 6.42. The van der Waals surface area contributed by atoms with Gasteiger partial charge in [0.05, 0.1) is 11.5 Å². The molecule has 0 aromatic heterocycles. The summed E-state index contributed by atoms with van der Waals surface area (Å²) < 4.78 is 0. The van der Waals surface area contributed by atoms with E-state index >= 15 is 0 Å². The molecule has 0 aromatic rings. The number of hydrogen-bond acceptors (Lipinski definition) is 3. The van der Waals surface area contributed by atoms with Crippen LogP contribution in [0.5, 0.6) is 0 Å². The fraction of sp³-hybridized carbons (Fsp3) is 0.889. The first-order chi connectivity index (χ1) is 11.0. The van der Waals surface area contributed by atoms with Gasteiger partial charge in [-0.05, 0) is 50.6 Å². The maximum Gasteiger partial charge on any atom is 0.311 e. The Morgan fingerprint density at radius 2 is 1.83 bits per heavy atom. The smallest absolute Gasteiger partial charge is 0.311 e. The van der Waals surface area contributed by atoms with Crippen molar-refractivity contribution in [3.63, 3.8) is 0 Å². The molecule has 2 saturated heterocycles. The van der Waals surface area contributed by atoms with Crippen LogP contribution in [0.15, 0.2) is 0 Å². The van der Waals surface area contributed by atoms with Crippen LogP contribution >= 0.6 is 0 Å². The molecule has 3 aliphatic rings. The number of likely N-dealkylation sites (tertiary alicyclic amines) is 2. The number of carbonyl (C=O) groups excluding carboxylic acids is 1. The van der Waals surface area contributed by atoms with E-state index in [-0.39, 0.29) is 23.8 Å². The number of piperidine rings is 1. The highest BCUT2D eigenvalue weighted by Crippen LogP contribution is 2.49. The normalized spacial score (nSPS) is 33.0. The Labute approximate surface area is 139 Å². The quantitative estimate of drug-likeness (QED) is 0.862. The van der Waals surface area contributed by atoms with Crippen LogP contribution in [-0.4, -0.2) is 59.0 Å². The highest BCUT2D eigenvalue weighted by molar-refractivity contribution is 5.85. The number of hydrogen-bond donors (Lipinski definition) is 1. The molecule has 3 atom stereocenters. The van der Waals surface area contributed by atoms with Gasteiger partial charge in [0, 0.05) is 13.1 Å². The third kappa shape index (κ3) is 2.88. The Morgan fingerprint density at radius 1 is 1.13 bits per heavy atom. The maximum absolute atomic E-state index is 13.2. The highest BCUT2D eigenvalue weighted by Gasteiger charge is 2.56. The fourth-order valence-corrected chi connectivity index (χ4v) is 5.05. The molecule has 1 N–H and O–H groups in total. The second-order valence-electron chi connectivity index (χ2n) is 8.05. The molecule has 2 aliphatic heterocycles. The zero-order valence-electron chi connectivity index (χ0n) is 14.5. The Kier molecular flexibility index (Phi) is 4.68. The van der Waals surface area contributed by atoms with Crippen molar-refractivity contribution in [1.82, 2.24) is 9.80 Å². The van der Waals surface area contributed by atoms with Crippen LogP contribution < -0.4 is 0 Å². The zero-order valence-corrected chi connectivity index (χ0v) is 14.5. The Morgan fingerprint density at radius 3 is 2.39 bits per heavy atom. The predicted octanol–water partition coefficient (Wildman–Crippen LogP) is 2.21. The number of aliphatic carboxylic acids is 1. The van der Waals surface area contributed by atoms with E-state index in [0.29, 0.717) is 13.1 Å². The van der Waals surface area contributed by atoms with E-state index in [9.17, 15) is 14.7 Å². The highest BCUT2D eigenvalue weighted by atomic mass is 16.4. The third-order valence-corrected chi connectivity index (χ3v) is 6.28. The van der Waals surface area contributed by atoms with Gasteiger partial charge in [-0.2, -0.15) is 0 Å². The van der Waals surface area contributed by atoms with Crippen LogP contribution in [0.1, 0.15) is 52.4 Å². The van der Waals surface area contributed by atoms with E-state index in [1.54, 1.807) is 0 Å². The number of fused-ring (bicyclic) bond motifs is 1. The number of carboxylic acids is 1. The molecular formula is C18H30N2O3. The molecule has 130 valence electrons. The topological polar surface area (TPSA) is 60.9 Å². The van der Waals surface area contributed by atoms with Crippen LogP contribution in [0.25, 0.3) is 0 Å². The van der Waals surface area contributed by atoms with Gasteiger partial charge >= 0.3 is 5.97 Å². The number of carbonyl (C=O) groups is 2. The van der Waals surface area contributed by atoms with Crippen molar-refractivity contribution in [1.29, 1.82) is 0 Å². The first-order valence-electron chi connectivity index (χ1n) is 9.22. The predicted molar refractivity (Wildman–Crippen MR) is 88.0 cm³/mol. The SMILES string of the molecule is CC(C)C(C(=O)N1C[C@@H]2CCC[C@@]2(C(=O)O)C1)N1CCCCC1. The minimum Gasteiger partial charge on any atom is -0.481 e. The van der Waals surface area contributed by atoms with Gasteiger partial charge in [0.25, 0.3) is 0 Å². The minimum absolute atomic E-state index is 0.0834. The van der Waals surface area contributed by atoms with E-state index < -0.39 is 11.4 Å². The molecule has 0 aromatic carbocycles. The first kappa shape index (κ1) is 16.7. The van der Waals surface area contributed by atoms with E-state index in [1.165, 1.54) is 6.42 Å². The lowest BCUT2D eigenvalue weighted by Crippen LogP contribution is -2.53. The molecular weight excluding hydrogens is 292 g/mol. The molecule has 5 nitrogen and oxygen atoms in total. The van der Waals surface area contributed by atoms with E-state index in [2.05, 4.69) is 18.7 Å². The summed E-state index contributed by atoms with van der Waals surface area (Å²) in [5.41, 5.74) is -0.668. The Bertz CT molecular complexity index is 473. The monoisotopic (exact) mass is 322 g/mol. The van der Waals surface area contributed by atoms with Crippen molar-refractivity contribution in [3.8, 4) is 0 Å². The van der Waals surface area contributed by atoms with Crippen molar-refractivity contribution in [2.45, 2.75) is 58.4 Å². The van der Waals surface area contributed by atoms with Crippen molar-refractivity contribution in [2.24, 2.45) is 17.3 Å². The number of rotatable bonds is 4. The van der Waals surface area contributed by atoms with Gasteiger partial charge in [-0.3, -0.25) is 14.5 Å². The van der Waals surface area contributed by atoms with Crippen LogP contribution in [0.2, 0.25) is 0 Å². The molecule has 1 unspecified atom stereocenters. The molecule has 3 fully saturated rings. The largest absolute Gasteiger partial charge is 0.481 e. The fourth-order valence-electron chi connectivity index (χ4n) is 5.05. The molecule has 0 spiro atoms. The van der Waals surface area contributed by atoms with Gasteiger partial charge in [0.15, 0.2) is 0 Å². The Hall–Kier alpha value is -1.10. The van der Waals surface area contributed by atoms with E-state index in [4.69, 9.17) is 0 Å². The van der Waals surface area contributed by atoms with Gasteiger partial charge < -0.3 is 10.0 Å². The maximum atomic E-state index is 13.2. The third-order valence-electron chi connectivity index (χ3n) is 6.28. The lowest BCUT2D eigenvalue weighted by Gasteiger charge is -2.38. The summed E-state index contributed by atoms with van der Waals surface area (Å²) in [5, 5.41) is 9.72. The van der Waals surface area contributed by atoms with Crippen molar-refractivity contribution < 1.29 is 14.7 Å². The van der Waals surface area contributed by atoms with Gasteiger partial charge in [0.2, 0.25) is 5.91 Å². The first-order valence-corrected chi connectivity index (χ1v) is 9.22. The van der Waals surface area contributed by atoms with Crippen LogP contribution in [0.4, 0.5) is 0 Å². The molecule has 1 aliphatic carbocycles. The van der Waals surface area contributed by atoms with Crippen LogP contribution in [0.3, 0.4) is 0 Å². The second-order valence-corrected chi connectivity index (χ2v) is 8.05. The minimum atomic E-state index is -0.700. The summed E-state index contributed by atoms with van der Waals surface area (Å²) in [7, 11) is 0. The van der Waals surface area contributed by atoms with Crippen molar-refractivity contribution in [2.75, 3.05) is 26.2 Å². The molecule has 2 heterocycles. The number of nitrogens with zero attached hydrogens (tertiary/aromatic N) is 2. The summed E-state index contributed by atoms with van der Waals surface area (Å²) in [6, 6.07) is -0.0834. The summed E-state index contributed by atoms with van der Waals surface area (Å²) in [5.74, 6) is -0.119. The zero-order chi connectivity index (χ0) is 16.6. The van der Waals surface area contributed by atoms with Crippen molar-refractivity contribution >= 4 is 11.9 Å². The van der Waals surface area contributed by atoms with E-state index in [0.717, 1.165) is 45.2 Å². The van der Waals surface area contributed by atoms with E-state index in [1.807, 2.05) is 4.90 Å². The summed E-state index contributed by atoms with van der Waals surface area (Å²) in [4.78, 5) is 29.2. The standard InChI is InChI=1S/C18H30N2O3/c1-13(2)15(19-9-4-3-5-10-19)16(21)20-11-14-7-6-8-18(14,12-20)17(22)23/h13-15H,3-12H2,1-2H3,(H,22,23)/t14-,15?,18+/m0/s1. The average molecular weight is 322 g/mol. The van der Waals surface area contributed by atoms with Gasteiger partial charge in [-0.25, -0.2) is 0 Å². The molecule has 1 saturated carbocycles. The molecule has 3 rings (SSSR count). The number of carboxylic acid groups (broad SMARTS) is 1.